The Morgan fingerprint density at radius 1 is 1.17 bits per heavy atom. The van der Waals surface area contributed by atoms with Gasteiger partial charge in [0.15, 0.2) is 5.82 Å². The van der Waals surface area contributed by atoms with E-state index in [2.05, 4.69) is 39.5 Å². The van der Waals surface area contributed by atoms with E-state index in [0.29, 0.717) is 43.6 Å². The highest BCUT2D eigenvalue weighted by Crippen LogP contribution is 2.27. The van der Waals surface area contributed by atoms with Crippen LogP contribution in [-0.4, -0.2) is 63.1 Å². The van der Waals surface area contributed by atoms with E-state index >= 15 is 0 Å². The molecule has 0 bridgehead atoms. The van der Waals surface area contributed by atoms with E-state index in [0.717, 1.165) is 35.5 Å². The number of piperazine rings is 1. The van der Waals surface area contributed by atoms with Crippen LogP contribution in [0.15, 0.2) is 24.5 Å². The summed E-state index contributed by atoms with van der Waals surface area (Å²) in [6.07, 6.45) is 3.64. The third-order valence-corrected chi connectivity index (χ3v) is 5.13. The van der Waals surface area contributed by atoms with Gasteiger partial charge in [-0.3, -0.25) is 4.68 Å². The standard InChI is InChI=1S/C21H30N8O/c1-5-30-9-8-29-19-17(11-23-29)25-21(28-12-15(3)24-16(4)13-28)27-20(19)26-18-7-6-14(2)10-22-18/h6-7,10-11,15-16,24H,5,8-9,12-13H2,1-4H3,(H,22,25,26,27)/t15-,16+. The number of hydrogen-bond donors (Lipinski definition) is 2. The Bertz CT molecular complexity index is 977. The minimum Gasteiger partial charge on any atom is -0.380 e. The van der Waals surface area contributed by atoms with Gasteiger partial charge in [-0.25, -0.2) is 9.97 Å². The highest BCUT2D eigenvalue weighted by Gasteiger charge is 2.25. The number of hydrogen-bond acceptors (Lipinski definition) is 8. The van der Waals surface area contributed by atoms with Gasteiger partial charge in [0, 0.05) is 38.0 Å². The van der Waals surface area contributed by atoms with Crippen molar-refractivity contribution in [3.05, 3.63) is 30.1 Å². The second-order valence-corrected chi connectivity index (χ2v) is 7.89. The van der Waals surface area contributed by atoms with E-state index in [1.807, 2.05) is 36.9 Å². The first-order valence-corrected chi connectivity index (χ1v) is 10.6. The summed E-state index contributed by atoms with van der Waals surface area (Å²) in [4.78, 5) is 16.5. The van der Waals surface area contributed by atoms with Crippen LogP contribution in [0.5, 0.6) is 0 Å². The summed E-state index contributed by atoms with van der Waals surface area (Å²) < 4.78 is 7.42. The van der Waals surface area contributed by atoms with Gasteiger partial charge >= 0.3 is 0 Å². The number of nitrogens with zero attached hydrogens (tertiary/aromatic N) is 6. The van der Waals surface area contributed by atoms with Crippen LogP contribution in [-0.2, 0) is 11.3 Å². The zero-order valence-corrected chi connectivity index (χ0v) is 18.1. The number of anilines is 3. The lowest BCUT2D eigenvalue weighted by atomic mass is 10.1. The molecule has 9 heteroatoms. The summed E-state index contributed by atoms with van der Waals surface area (Å²) in [5.74, 6) is 2.16. The monoisotopic (exact) mass is 410 g/mol. The fourth-order valence-corrected chi connectivity index (χ4v) is 3.83. The third-order valence-electron chi connectivity index (χ3n) is 5.13. The van der Waals surface area contributed by atoms with Crippen LogP contribution in [0.1, 0.15) is 26.3 Å². The molecule has 1 fully saturated rings. The topological polar surface area (TPSA) is 93.0 Å². The first-order valence-electron chi connectivity index (χ1n) is 10.6. The maximum Gasteiger partial charge on any atom is 0.228 e. The smallest absolute Gasteiger partial charge is 0.228 e. The van der Waals surface area contributed by atoms with E-state index in [1.54, 1.807) is 6.20 Å². The largest absolute Gasteiger partial charge is 0.380 e. The molecule has 1 saturated heterocycles. The predicted molar refractivity (Wildman–Crippen MR) is 118 cm³/mol. The molecule has 0 aliphatic carbocycles. The molecule has 1 aliphatic rings. The molecule has 0 aromatic carbocycles. The number of fused-ring (bicyclic) bond motifs is 1. The number of ether oxygens (including phenoxy) is 1. The van der Waals surface area contributed by atoms with Crippen LogP contribution in [0, 0.1) is 6.92 Å². The number of aromatic nitrogens is 5. The van der Waals surface area contributed by atoms with Crippen LogP contribution in [0.2, 0.25) is 0 Å². The fraction of sp³-hybridized carbons (Fsp3) is 0.524. The molecule has 4 rings (SSSR count). The lowest BCUT2D eigenvalue weighted by Gasteiger charge is -2.36. The molecular formula is C21H30N8O. The lowest BCUT2D eigenvalue weighted by molar-refractivity contribution is 0.137. The molecule has 0 saturated carbocycles. The van der Waals surface area contributed by atoms with Crippen LogP contribution < -0.4 is 15.5 Å². The Kier molecular flexibility index (Phi) is 6.10. The van der Waals surface area contributed by atoms with E-state index in [-0.39, 0.29) is 0 Å². The van der Waals surface area contributed by atoms with Crippen molar-refractivity contribution in [3.63, 3.8) is 0 Å². The first kappa shape index (κ1) is 20.5. The number of pyridine rings is 1. The van der Waals surface area contributed by atoms with Crippen molar-refractivity contribution >= 4 is 28.6 Å². The molecule has 3 aromatic heterocycles. The van der Waals surface area contributed by atoms with Crippen LogP contribution in [0.4, 0.5) is 17.6 Å². The Morgan fingerprint density at radius 2 is 1.97 bits per heavy atom. The summed E-state index contributed by atoms with van der Waals surface area (Å²) in [5, 5.41) is 11.5. The summed E-state index contributed by atoms with van der Waals surface area (Å²) in [6, 6.07) is 4.73. The minimum absolute atomic E-state index is 0.372. The lowest BCUT2D eigenvalue weighted by Crippen LogP contribution is -2.54. The molecule has 0 unspecified atom stereocenters. The van der Waals surface area contributed by atoms with E-state index in [1.165, 1.54) is 0 Å². The normalized spacial score (nSPS) is 19.4. The van der Waals surface area contributed by atoms with Gasteiger partial charge in [0.1, 0.15) is 16.9 Å². The maximum absolute atomic E-state index is 5.52. The predicted octanol–water partition coefficient (Wildman–Crippen LogP) is 2.50. The van der Waals surface area contributed by atoms with Crippen LogP contribution >= 0.6 is 0 Å². The van der Waals surface area contributed by atoms with Gasteiger partial charge in [-0.2, -0.15) is 10.1 Å². The summed E-state index contributed by atoms with van der Waals surface area (Å²) in [5.41, 5.74) is 2.78. The highest BCUT2D eigenvalue weighted by molar-refractivity contribution is 5.88. The summed E-state index contributed by atoms with van der Waals surface area (Å²) in [6.45, 7) is 12.0. The van der Waals surface area contributed by atoms with E-state index in [9.17, 15) is 0 Å². The maximum atomic E-state index is 5.52. The number of nitrogens with one attached hydrogen (secondary N) is 2. The zero-order chi connectivity index (χ0) is 21.1. The van der Waals surface area contributed by atoms with Crippen molar-refractivity contribution in [1.29, 1.82) is 0 Å². The van der Waals surface area contributed by atoms with Crippen molar-refractivity contribution in [1.82, 2.24) is 30.0 Å². The molecule has 4 heterocycles. The molecule has 0 radical (unpaired) electrons. The molecule has 9 nitrogen and oxygen atoms in total. The number of rotatable bonds is 7. The SMILES string of the molecule is CCOCCn1ncc2nc(N3C[C@@H](C)N[C@@H](C)C3)nc(Nc3ccc(C)cn3)c21. The second-order valence-electron chi connectivity index (χ2n) is 7.89. The molecule has 2 N–H and O–H groups in total. The van der Waals surface area contributed by atoms with Gasteiger partial charge in [-0.05, 0) is 39.3 Å². The summed E-state index contributed by atoms with van der Waals surface area (Å²) >= 11 is 0. The molecule has 2 atom stereocenters. The Labute approximate surface area is 176 Å². The molecule has 0 amide bonds. The van der Waals surface area contributed by atoms with Crippen LogP contribution in [0.25, 0.3) is 11.0 Å². The van der Waals surface area contributed by atoms with Gasteiger partial charge in [0.05, 0.1) is 19.3 Å². The van der Waals surface area contributed by atoms with Gasteiger partial charge in [0.25, 0.3) is 0 Å². The molecule has 1 aliphatic heterocycles. The Balaban J connectivity index is 1.73. The fourth-order valence-electron chi connectivity index (χ4n) is 3.83. The molecule has 160 valence electrons. The highest BCUT2D eigenvalue weighted by atomic mass is 16.5. The average molecular weight is 411 g/mol. The summed E-state index contributed by atoms with van der Waals surface area (Å²) in [7, 11) is 0. The quantitative estimate of drug-likeness (QED) is 0.574. The van der Waals surface area contributed by atoms with Gasteiger partial charge in [-0.1, -0.05) is 6.07 Å². The molecular weight excluding hydrogens is 380 g/mol. The van der Waals surface area contributed by atoms with Crippen molar-refractivity contribution in [3.8, 4) is 0 Å². The first-order chi connectivity index (χ1) is 14.5. The number of aryl methyl sites for hydroxylation is 1. The van der Waals surface area contributed by atoms with Gasteiger partial charge in [-0.15, -0.1) is 0 Å². The van der Waals surface area contributed by atoms with Crippen molar-refractivity contribution in [2.45, 2.75) is 46.3 Å². The van der Waals surface area contributed by atoms with E-state index in [4.69, 9.17) is 14.7 Å². The second kappa shape index (κ2) is 8.93. The molecule has 30 heavy (non-hydrogen) atoms. The van der Waals surface area contributed by atoms with Gasteiger partial charge in [0.2, 0.25) is 5.95 Å². The Morgan fingerprint density at radius 3 is 2.67 bits per heavy atom. The molecule has 0 spiro atoms. The Hall–Kier alpha value is -2.78. The average Bonchev–Trinajstić information content (AvgIpc) is 3.12. The van der Waals surface area contributed by atoms with Crippen molar-refractivity contribution < 1.29 is 4.74 Å². The molecule has 3 aromatic rings. The zero-order valence-electron chi connectivity index (χ0n) is 18.1. The minimum atomic E-state index is 0.372. The van der Waals surface area contributed by atoms with Crippen molar-refractivity contribution in [2.24, 2.45) is 0 Å². The van der Waals surface area contributed by atoms with Gasteiger partial charge < -0.3 is 20.3 Å². The van der Waals surface area contributed by atoms with Crippen molar-refractivity contribution in [2.75, 3.05) is 36.5 Å². The van der Waals surface area contributed by atoms with Crippen LogP contribution in [0.3, 0.4) is 0 Å². The third kappa shape index (κ3) is 4.52. The van der Waals surface area contributed by atoms with E-state index < -0.39 is 0 Å².